The van der Waals surface area contributed by atoms with E-state index in [1.165, 1.54) is 19.3 Å². The predicted molar refractivity (Wildman–Crippen MR) is 68.7 cm³/mol. The van der Waals surface area contributed by atoms with Crippen LogP contribution in [0.4, 0.5) is 0 Å². The monoisotopic (exact) mass is 265 g/mol. The van der Waals surface area contributed by atoms with Crippen LogP contribution in [0.2, 0.25) is 0 Å². The Labute approximate surface area is 111 Å². The number of aromatic nitrogens is 2. The molecule has 1 aromatic rings. The minimum atomic E-state index is -0.921. The molecule has 1 unspecified atom stereocenters. The van der Waals surface area contributed by atoms with Gasteiger partial charge in [-0.25, -0.2) is 0 Å². The highest BCUT2D eigenvalue weighted by Gasteiger charge is 2.21. The van der Waals surface area contributed by atoms with Crippen LogP contribution in [0.15, 0.2) is 12.3 Å². The number of carbonyl (C=O) groups is 2. The second-order valence-corrected chi connectivity index (χ2v) is 5.17. The number of rotatable bonds is 6. The van der Waals surface area contributed by atoms with E-state index in [4.69, 9.17) is 5.11 Å². The molecule has 1 amide bonds. The molecule has 1 heterocycles. The Bertz CT molecular complexity index is 465. The fraction of sp³-hybridized carbons (Fsp3) is 0.615. The third-order valence-corrected chi connectivity index (χ3v) is 3.46. The first-order valence-electron chi connectivity index (χ1n) is 6.60. The van der Waals surface area contributed by atoms with Gasteiger partial charge in [-0.2, -0.15) is 5.10 Å². The zero-order valence-corrected chi connectivity index (χ0v) is 11.0. The number of hydrogen-bond donors (Lipinski definition) is 2. The summed E-state index contributed by atoms with van der Waals surface area (Å²) < 4.78 is 1.71. The maximum Gasteiger partial charge on any atom is 0.305 e. The first-order chi connectivity index (χ1) is 9.06. The number of nitrogens with one attached hydrogen (secondary N) is 1. The van der Waals surface area contributed by atoms with Gasteiger partial charge >= 0.3 is 5.97 Å². The Balaban J connectivity index is 1.94. The molecule has 0 spiro atoms. The molecular weight excluding hydrogens is 246 g/mol. The van der Waals surface area contributed by atoms with Gasteiger partial charge in [-0.1, -0.05) is 6.42 Å². The van der Waals surface area contributed by atoms with Gasteiger partial charge in [0.2, 0.25) is 0 Å². The van der Waals surface area contributed by atoms with Crippen molar-refractivity contribution in [3.05, 3.63) is 18.0 Å². The summed E-state index contributed by atoms with van der Waals surface area (Å²) in [6.07, 6.45) is 5.16. The largest absolute Gasteiger partial charge is 0.481 e. The lowest BCUT2D eigenvalue weighted by Gasteiger charge is -2.25. The maximum atomic E-state index is 12.0. The van der Waals surface area contributed by atoms with E-state index in [0.717, 1.165) is 6.54 Å². The molecule has 0 aliphatic heterocycles. The molecular formula is C13H19N3O3. The number of carboxylic acid groups (broad SMARTS) is 1. The number of hydrogen-bond acceptors (Lipinski definition) is 3. The molecule has 2 N–H and O–H groups in total. The van der Waals surface area contributed by atoms with E-state index in [9.17, 15) is 9.59 Å². The number of carboxylic acids is 1. The molecule has 1 fully saturated rings. The second-order valence-electron chi connectivity index (χ2n) is 5.17. The molecule has 19 heavy (non-hydrogen) atoms. The molecule has 6 heteroatoms. The van der Waals surface area contributed by atoms with Crippen molar-refractivity contribution in [3.63, 3.8) is 0 Å². The van der Waals surface area contributed by atoms with Crippen LogP contribution in [0.5, 0.6) is 0 Å². The van der Waals surface area contributed by atoms with Crippen molar-refractivity contribution < 1.29 is 14.7 Å². The van der Waals surface area contributed by atoms with Gasteiger partial charge in [0.05, 0.1) is 6.42 Å². The average Bonchev–Trinajstić information content (AvgIpc) is 2.69. The van der Waals surface area contributed by atoms with Crippen LogP contribution < -0.4 is 5.32 Å². The summed E-state index contributed by atoms with van der Waals surface area (Å²) in [5, 5.41) is 15.5. The molecule has 0 aromatic carbocycles. The zero-order valence-electron chi connectivity index (χ0n) is 11.0. The molecule has 2 rings (SSSR count). The molecule has 0 radical (unpaired) electrons. The van der Waals surface area contributed by atoms with Crippen molar-refractivity contribution in [2.24, 2.45) is 5.92 Å². The van der Waals surface area contributed by atoms with Crippen molar-refractivity contribution in [2.45, 2.75) is 45.2 Å². The van der Waals surface area contributed by atoms with Gasteiger partial charge in [0.1, 0.15) is 5.69 Å². The molecule has 1 aromatic heterocycles. The predicted octanol–water partition coefficient (Wildman–Crippen LogP) is 1.28. The van der Waals surface area contributed by atoms with Crippen LogP contribution in [0.1, 0.15) is 43.1 Å². The molecule has 0 bridgehead atoms. The maximum absolute atomic E-state index is 12.0. The molecule has 1 saturated carbocycles. The minimum Gasteiger partial charge on any atom is -0.481 e. The fourth-order valence-electron chi connectivity index (χ4n) is 2.20. The highest BCUT2D eigenvalue weighted by Crippen LogP contribution is 2.27. The van der Waals surface area contributed by atoms with Gasteiger partial charge in [0.15, 0.2) is 0 Å². The molecule has 1 aliphatic rings. The van der Waals surface area contributed by atoms with Crippen LogP contribution in [-0.2, 0) is 11.3 Å². The molecule has 104 valence electrons. The smallest absolute Gasteiger partial charge is 0.305 e. The Morgan fingerprint density at radius 1 is 1.58 bits per heavy atom. The van der Waals surface area contributed by atoms with Gasteiger partial charge in [-0.15, -0.1) is 0 Å². The van der Waals surface area contributed by atoms with E-state index >= 15 is 0 Å². The SMILES string of the molecule is CC(CC(=O)O)NC(=O)c1ccnn1CC1CCC1. The van der Waals surface area contributed by atoms with Crippen molar-refractivity contribution in [1.82, 2.24) is 15.1 Å². The summed E-state index contributed by atoms with van der Waals surface area (Å²) in [6, 6.07) is 1.28. The van der Waals surface area contributed by atoms with Gasteiger partial charge in [0.25, 0.3) is 5.91 Å². The quantitative estimate of drug-likeness (QED) is 0.811. The van der Waals surface area contributed by atoms with E-state index in [1.807, 2.05) is 0 Å². The van der Waals surface area contributed by atoms with Crippen molar-refractivity contribution in [3.8, 4) is 0 Å². The van der Waals surface area contributed by atoms with Crippen LogP contribution in [0.3, 0.4) is 0 Å². The lowest BCUT2D eigenvalue weighted by Crippen LogP contribution is -2.36. The zero-order chi connectivity index (χ0) is 13.8. The number of amides is 1. The van der Waals surface area contributed by atoms with Crippen LogP contribution >= 0.6 is 0 Å². The molecule has 1 atom stereocenters. The first kappa shape index (κ1) is 13.6. The van der Waals surface area contributed by atoms with E-state index in [0.29, 0.717) is 11.6 Å². The Kier molecular flexibility index (Phi) is 4.19. The molecule has 1 aliphatic carbocycles. The number of carbonyl (C=O) groups excluding carboxylic acids is 1. The highest BCUT2D eigenvalue weighted by molar-refractivity contribution is 5.92. The van der Waals surface area contributed by atoms with Crippen molar-refractivity contribution >= 4 is 11.9 Å². The normalized spacial score (nSPS) is 16.7. The van der Waals surface area contributed by atoms with Crippen molar-refractivity contribution in [1.29, 1.82) is 0 Å². The average molecular weight is 265 g/mol. The Morgan fingerprint density at radius 3 is 2.89 bits per heavy atom. The summed E-state index contributed by atoms with van der Waals surface area (Å²) in [6.45, 7) is 2.45. The fourth-order valence-corrected chi connectivity index (χ4v) is 2.20. The summed E-state index contributed by atoms with van der Waals surface area (Å²) in [7, 11) is 0. The first-order valence-corrected chi connectivity index (χ1v) is 6.60. The van der Waals surface area contributed by atoms with E-state index in [2.05, 4.69) is 10.4 Å². The van der Waals surface area contributed by atoms with Crippen LogP contribution in [0.25, 0.3) is 0 Å². The summed E-state index contributed by atoms with van der Waals surface area (Å²) in [5.41, 5.74) is 0.504. The van der Waals surface area contributed by atoms with Crippen LogP contribution in [-0.4, -0.2) is 32.8 Å². The number of nitrogens with zero attached hydrogens (tertiary/aromatic N) is 2. The second kappa shape index (κ2) is 5.86. The van der Waals surface area contributed by atoms with Crippen molar-refractivity contribution in [2.75, 3.05) is 0 Å². The third-order valence-electron chi connectivity index (χ3n) is 3.46. The molecule has 6 nitrogen and oxygen atoms in total. The van der Waals surface area contributed by atoms with E-state index < -0.39 is 12.0 Å². The lowest BCUT2D eigenvalue weighted by molar-refractivity contribution is -0.137. The van der Waals surface area contributed by atoms with E-state index in [-0.39, 0.29) is 12.3 Å². The summed E-state index contributed by atoms with van der Waals surface area (Å²) in [4.78, 5) is 22.6. The Hall–Kier alpha value is -1.85. The number of aliphatic carboxylic acids is 1. The minimum absolute atomic E-state index is 0.0809. The summed E-state index contributed by atoms with van der Waals surface area (Å²) in [5.74, 6) is -0.566. The highest BCUT2D eigenvalue weighted by atomic mass is 16.4. The summed E-state index contributed by atoms with van der Waals surface area (Å²) >= 11 is 0. The standard InChI is InChI=1S/C13H19N3O3/c1-9(7-12(17)18)15-13(19)11-5-6-14-16(11)8-10-3-2-4-10/h5-6,9-10H,2-4,7-8H2,1H3,(H,15,19)(H,17,18). The van der Waals surface area contributed by atoms with Gasteiger partial charge in [-0.05, 0) is 31.7 Å². The molecule has 0 saturated heterocycles. The Morgan fingerprint density at radius 2 is 2.32 bits per heavy atom. The van der Waals surface area contributed by atoms with E-state index in [1.54, 1.807) is 23.9 Å². The topological polar surface area (TPSA) is 84.2 Å². The van der Waals surface area contributed by atoms with Gasteiger partial charge in [-0.3, -0.25) is 14.3 Å². The van der Waals surface area contributed by atoms with Gasteiger partial charge < -0.3 is 10.4 Å². The lowest BCUT2D eigenvalue weighted by atomic mass is 9.85. The van der Waals surface area contributed by atoms with Crippen LogP contribution in [0, 0.1) is 5.92 Å². The van der Waals surface area contributed by atoms with Gasteiger partial charge in [0, 0.05) is 18.8 Å². The third kappa shape index (κ3) is 3.56.